The first-order valence-corrected chi connectivity index (χ1v) is 7.39. The number of imidazole rings is 1. The monoisotopic (exact) mass is 292 g/mol. The smallest absolute Gasteiger partial charge is 0.166 e. The van der Waals surface area contributed by atoms with Gasteiger partial charge >= 0.3 is 0 Å². The Bertz CT molecular complexity index is 704. The van der Waals surface area contributed by atoms with Crippen molar-refractivity contribution in [3.8, 4) is 0 Å². The van der Waals surface area contributed by atoms with Gasteiger partial charge in [-0.2, -0.15) is 0 Å². The van der Waals surface area contributed by atoms with Gasteiger partial charge < -0.3 is 10.4 Å². The van der Waals surface area contributed by atoms with Crippen LogP contribution in [0.1, 0.15) is 11.3 Å². The van der Waals surface area contributed by atoms with Crippen LogP contribution >= 0.6 is 23.3 Å². The van der Waals surface area contributed by atoms with Gasteiger partial charge in [0.2, 0.25) is 0 Å². The van der Waals surface area contributed by atoms with Crippen LogP contribution in [-0.2, 0) is 5.75 Å². The lowest BCUT2D eigenvalue weighted by Crippen LogP contribution is -2.06. The number of fused-ring (bicyclic) bond motifs is 1. The van der Waals surface area contributed by atoms with Crippen molar-refractivity contribution in [2.75, 3.05) is 5.43 Å². The summed E-state index contributed by atoms with van der Waals surface area (Å²) in [5.74, 6) is 6.07. The largest absolute Gasteiger partial charge is 0.333 e. The van der Waals surface area contributed by atoms with Gasteiger partial charge in [0.25, 0.3) is 0 Å². The molecule has 2 aromatic heterocycles. The molecule has 0 atom stereocenters. The van der Waals surface area contributed by atoms with Crippen LogP contribution in [0.2, 0.25) is 0 Å². The van der Waals surface area contributed by atoms with Crippen molar-refractivity contribution in [2.24, 2.45) is 5.84 Å². The minimum Gasteiger partial charge on any atom is -0.333 e. The van der Waals surface area contributed by atoms with Crippen molar-refractivity contribution in [1.29, 1.82) is 0 Å². The molecule has 2 heterocycles. The van der Waals surface area contributed by atoms with Crippen molar-refractivity contribution < 1.29 is 0 Å². The summed E-state index contributed by atoms with van der Waals surface area (Å²) in [7, 11) is 0. The predicted molar refractivity (Wildman–Crippen MR) is 78.1 cm³/mol. The summed E-state index contributed by atoms with van der Waals surface area (Å²) in [5, 5.41) is 5.70. The maximum absolute atomic E-state index is 5.39. The molecular formula is C11H12N6S2. The fourth-order valence-corrected chi connectivity index (χ4v) is 3.12. The highest BCUT2D eigenvalue weighted by Gasteiger charge is 2.09. The fourth-order valence-electron chi connectivity index (χ4n) is 1.72. The van der Waals surface area contributed by atoms with Gasteiger partial charge in [-0.05, 0) is 24.6 Å². The van der Waals surface area contributed by atoms with Crippen LogP contribution in [0.25, 0.3) is 11.0 Å². The molecule has 0 saturated heterocycles. The van der Waals surface area contributed by atoms with Gasteiger partial charge in [0.15, 0.2) is 5.16 Å². The Labute approximate surface area is 118 Å². The Hall–Kier alpha value is -1.64. The third kappa shape index (κ3) is 2.55. The lowest BCUT2D eigenvalue weighted by atomic mass is 10.2. The summed E-state index contributed by atoms with van der Waals surface area (Å²) < 4.78 is 3.86. The summed E-state index contributed by atoms with van der Waals surface area (Å²) in [6, 6.07) is 6.16. The molecule has 0 unspecified atom stereocenters. The van der Waals surface area contributed by atoms with Crippen LogP contribution in [-0.4, -0.2) is 19.6 Å². The number of aromatic nitrogens is 4. The zero-order valence-corrected chi connectivity index (χ0v) is 11.8. The number of H-pyrrole nitrogens is 1. The van der Waals surface area contributed by atoms with E-state index in [0.717, 1.165) is 26.9 Å². The number of rotatable bonds is 4. The van der Waals surface area contributed by atoms with Gasteiger partial charge in [-0.3, -0.25) is 0 Å². The quantitative estimate of drug-likeness (QED) is 0.388. The van der Waals surface area contributed by atoms with Gasteiger partial charge in [-0.15, -0.1) is 5.10 Å². The number of nitrogen functional groups attached to an aromatic ring is 1. The second-order valence-corrected chi connectivity index (χ2v) is 5.76. The number of nitrogens with zero attached hydrogens (tertiary/aromatic N) is 3. The molecule has 0 saturated carbocycles. The van der Waals surface area contributed by atoms with E-state index in [-0.39, 0.29) is 0 Å². The summed E-state index contributed by atoms with van der Waals surface area (Å²) >= 11 is 2.83. The van der Waals surface area contributed by atoms with E-state index >= 15 is 0 Å². The van der Waals surface area contributed by atoms with E-state index in [1.54, 1.807) is 11.8 Å². The molecule has 3 aromatic rings. The highest BCUT2D eigenvalue weighted by Crippen LogP contribution is 2.26. The van der Waals surface area contributed by atoms with Crippen LogP contribution in [0.5, 0.6) is 0 Å². The first-order chi connectivity index (χ1) is 9.26. The van der Waals surface area contributed by atoms with Crippen LogP contribution in [0.3, 0.4) is 0 Å². The Balaban J connectivity index is 1.78. The molecule has 6 nitrogen and oxygen atoms in total. The molecule has 0 aliphatic heterocycles. The third-order valence-corrected chi connectivity index (χ3v) is 4.23. The maximum Gasteiger partial charge on any atom is 0.166 e. The number of anilines is 1. The van der Waals surface area contributed by atoms with E-state index in [9.17, 15) is 0 Å². The van der Waals surface area contributed by atoms with Crippen molar-refractivity contribution in [1.82, 2.24) is 19.6 Å². The molecule has 0 spiro atoms. The number of hydrazine groups is 1. The van der Waals surface area contributed by atoms with Crippen LogP contribution < -0.4 is 11.3 Å². The number of aryl methyl sites for hydroxylation is 1. The standard InChI is InChI=1S/C11H12N6S2/c1-6-2-3-7-8(4-6)14-11(13-7)18-5-9-10(15-12)19-17-16-9/h2-4,15H,5,12H2,1H3,(H,13,14). The number of benzene rings is 1. The second kappa shape index (κ2) is 5.16. The van der Waals surface area contributed by atoms with Crippen molar-refractivity contribution >= 4 is 39.3 Å². The zero-order valence-electron chi connectivity index (χ0n) is 10.2. The first-order valence-electron chi connectivity index (χ1n) is 5.63. The minimum absolute atomic E-state index is 0.675. The average molecular weight is 292 g/mol. The Morgan fingerprint density at radius 1 is 1.47 bits per heavy atom. The summed E-state index contributed by atoms with van der Waals surface area (Å²) in [5.41, 5.74) is 6.68. The van der Waals surface area contributed by atoms with E-state index < -0.39 is 0 Å². The van der Waals surface area contributed by atoms with Crippen LogP contribution in [0.4, 0.5) is 5.00 Å². The van der Waals surface area contributed by atoms with Gasteiger partial charge in [0.1, 0.15) is 10.7 Å². The minimum atomic E-state index is 0.675. The molecule has 0 radical (unpaired) electrons. The molecule has 4 N–H and O–H groups in total. The molecule has 3 rings (SSSR count). The Morgan fingerprint density at radius 2 is 2.37 bits per heavy atom. The predicted octanol–water partition coefficient (Wildman–Crippen LogP) is 2.30. The molecule has 0 aliphatic rings. The van der Waals surface area contributed by atoms with E-state index in [0.29, 0.717) is 5.75 Å². The molecule has 8 heteroatoms. The average Bonchev–Trinajstić information content (AvgIpc) is 3.01. The number of nitrogens with two attached hydrogens (primary N) is 1. The first kappa shape index (κ1) is 12.4. The van der Waals surface area contributed by atoms with Crippen LogP contribution in [0.15, 0.2) is 23.4 Å². The molecule has 0 amide bonds. The molecular weight excluding hydrogens is 280 g/mol. The SMILES string of the molecule is Cc1ccc2nc(SCc3nnsc3NN)[nH]c2c1. The molecule has 1 aromatic carbocycles. The summed E-state index contributed by atoms with van der Waals surface area (Å²) in [4.78, 5) is 7.81. The maximum atomic E-state index is 5.39. The van der Waals surface area contributed by atoms with Crippen molar-refractivity contribution in [2.45, 2.75) is 17.8 Å². The highest BCUT2D eigenvalue weighted by atomic mass is 32.2. The number of aromatic amines is 1. The molecule has 0 aliphatic carbocycles. The Morgan fingerprint density at radius 3 is 3.21 bits per heavy atom. The molecule has 0 bridgehead atoms. The highest BCUT2D eigenvalue weighted by molar-refractivity contribution is 7.98. The third-order valence-electron chi connectivity index (χ3n) is 2.65. The normalized spacial score (nSPS) is 11.1. The van der Waals surface area contributed by atoms with Gasteiger partial charge in [-0.1, -0.05) is 22.3 Å². The van der Waals surface area contributed by atoms with E-state index in [1.165, 1.54) is 17.1 Å². The number of thioether (sulfide) groups is 1. The second-order valence-electron chi connectivity index (χ2n) is 4.04. The van der Waals surface area contributed by atoms with Crippen molar-refractivity contribution in [3.05, 3.63) is 29.5 Å². The molecule has 98 valence electrons. The zero-order chi connectivity index (χ0) is 13.2. The fraction of sp³-hybridized carbons (Fsp3) is 0.182. The van der Waals surface area contributed by atoms with Gasteiger partial charge in [0, 0.05) is 17.3 Å². The van der Waals surface area contributed by atoms with E-state index in [2.05, 4.69) is 44.0 Å². The van der Waals surface area contributed by atoms with Crippen molar-refractivity contribution in [3.63, 3.8) is 0 Å². The van der Waals surface area contributed by atoms with E-state index in [4.69, 9.17) is 5.84 Å². The van der Waals surface area contributed by atoms with Gasteiger partial charge in [0.05, 0.1) is 11.0 Å². The summed E-state index contributed by atoms with van der Waals surface area (Å²) in [6.45, 7) is 2.06. The lowest BCUT2D eigenvalue weighted by Gasteiger charge is -1.97. The van der Waals surface area contributed by atoms with Gasteiger partial charge in [-0.25, -0.2) is 10.8 Å². The number of nitrogens with one attached hydrogen (secondary N) is 2. The molecule has 0 fully saturated rings. The number of hydrogen-bond acceptors (Lipinski definition) is 7. The Kier molecular flexibility index (Phi) is 3.36. The summed E-state index contributed by atoms with van der Waals surface area (Å²) in [6.07, 6.45) is 0. The molecule has 19 heavy (non-hydrogen) atoms. The van der Waals surface area contributed by atoms with Crippen LogP contribution in [0, 0.1) is 6.92 Å². The topological polar surface area (TPSA) is 92.5 Å². The van der Waals surface area contributed by atoms with E-state index in [1.807, 2.05) is 6.07 Å². The lowest BCUT2D eigenvalue weighted by molar-refractivity contribution is 1.05. The number of hydrogen-bond donors (Lipinski definition) is 3.